The SMILES string of the molecule is CCCCc1nc(C(=O)CC)nn1Cc1ccc(-c2ccncc2C(=O)O)cc1. The first-order valence-electron chi connectivity index (χ1n) is 9.77. The van der Waals surface area contributed by atoms with Crippen LogP contribution in [0.15, 0.2) is 42.7 Å². The number of unbranched alkanes of at least 4 members (excludes halogenated alkanes) is 1. The van der Waals surface area contributed by atoms with E-state index in [9.17, 15) is 14.7 Å². The maximum atomic E-state index is 12.0. The normalized spacial score (nSPS) is 10.8. The van der Waals surface area contributed by atoms with E-state index < -0.39 is 5.97 Å². The Bertz CT molecular complexity index is 1010. The minimum absolute atomic E-state index is 0.0595. The summed E-state index contributed by atoms with van der Waals surface area (Å²) in [6, 6.07) is 9.35. The number of carbonyl (C=O) groups excluding carboxylic acids is 1. The fourth-order valence-corrected chi connectivity index (χ4v) is 3.08. The van der Waals surface area contributed by atoms with E-state index in [0.29, 0.717) is 18.5 Å². The van der Waals surface area contributed by atoms with Crippen molar-refractivity contribution in [2.75, 3.05) is 0 Å². The van der Waals surface area contributed by atoms with Gasteiger partial charge in [0, 0.05) is 25.2 Å². The molecule has 0 fully saturated rings. The molecule has 7 heteroatoms. The van der Waals surface area contributed by atoms with Crippen molar-refractivity contribution in [3.63, 3.8) is 0 Å². The molecule has 0 atom stereocenters. The van der Waals surface area contributed by atoms with E-state index in [2.05, 4.69) is 22.0 Å². The molecule has 0 saturated carbocycles. The molecule has 0 amide bonds. The maximum Gasteiger partial charge on any atom is 0.337 e. The predicted molar refractivity (Wildman–Crippen MR) is 109 cm³/mol. The highest BCUT2D eigenvalue weighted by Crippen LogP contribution is 2.23. The molecule has 1 N–H and O–H groups in total. The number of aryl methyl sites for hydroxylation is 1. The van der Waals surface area contributed by atoms with Crippen molar-refractivity contribution in [3.05, 3.63) is 65.5 Å². The van der Waals surface area contributed by atoms with Crippen LogP contribution in [0, 0.1) is 0 Å². The van der Waals surface area contributed by atoms with Crippen LogP contribution in [0.25, 0.3) is 11.1 Å². The number of carboxylic acids is 1. The zero-order valence-corrected chi connectivity index (χ0v) is 16.6. The van der Waals surface area contributed by atoms with Gasteiger partial charge in [0.2, 0.25) is 11.6 Å². The molecule has 29 heavy (non-hydrogen) atoms. The number of hydrogen-bond acceptors (Lipinski definition) is 5. The Hall–Kier alpha value is -3.35. The molecule has 150 valence electrons. The van der Waals surface area contributed by atoms with Crippen molar-refractivity contribution in [2.45, 2.75) is 46.1 Å². The number of rotatable bonds is 9. The van der Waals surface area contributed by atoms with Gasteiger partial charge in [0.05, 0.1) is 12.1 Å². The van der Waals surface area contributed by atoms with Gasteiger partial charge in [-0.25, -0.2) is 14.5 Å². The number of ketones is 1. The van der Waals surface area contributed by atoms with Gasteiger partial charge in [0.25, 0.3) is 0 Å². The van der Waals surface area contributed by atoms with Crippen molar-refractivity contribution in [3.8, 4) is 11.1 Å². The van der Waals surface area contributed by atoms with Gasteiger partial charge in [-0.2, -0.15) is 0 Å². The van der Waals surface area contributed by atoms with Crippen LogP contribution in [0.4, 0.5) is 0 Å². The van der Waals surface area contributed by atoms with E-state index in [-0.39, 0.29) is 17.2 Å². The number of carbonyl (C=O) groups is 2. The minimum atomic E-state index is -1.01. The second-order valence-corrected chi connectivity index (χ2v) is 6.81. The monoisotopic (exact) mass is 392 g/mol. The van der Waals surface area contributed by atoms with Crippen LogP contribution in [0.2, 0.25) is 0 Å². The van der Waals surface area contributed by atoms with Crippen molar-refractivity contribution in [2.24, 2.45) is 0 Å². The van der Waals surface area contributed by atoms with Crippen molar-refractivity contribution < 1.29 is 14.7 Å². The van der Waals surface area contributed by atoms with Crippen molar-refractivity contribution in [1.82, 2.24) is 19.7 Å². The van der Waals surface area contributed by atoms with E-state index >= 15 is 0 Å². The third-order valence-corrected chi connectivity index (χ3v) is 4.72. The molecule has 0 aliphatic heterocycles. The topological polar surface area (TPSA) is 98.0 Å². The summed E-state index contributed by atoms with van der Waals surface area (Å²) >= 11 is 0. The number of hydrogen-bond donors (Lipinski definition) is 1. The lowest BCUT2D eigenvalue weighted by molar-refractivity contribution is 0.0697. The van der Waals surface area contributed by atoms with Crippen LogP contribution in [0.1, 0.15) is 65.5 Å². The Kier molecular flexibility index (Phi) is 6.49. The number of aromatic nitrogens is 4. The van der Waals surface area contributed by atoms with Gasteiger partial charge < -0.3 is 5.11 Å². The zero-order chi connectivity index (χ0) is 20.8. The molecule has 3 rings (SSSR count). The van der Waals surface area contributed by atoms with Crippen LogP contribution in [-0.4, -0.2) is 36.6 Å². The van der Waals surface area contributed by atoms with Crippen LogP contribution in [0.3, 0.4) is 0 Å². The molecule has 0 spiro atoms. The van der Waals surface area contributed by atoms with E-state index in [0.717, 1.165) is 36.2 Å². The molecule has 3 aromatic rings. The molecule has 0 aliphatic carbocycles. The molecule has 2 heterocycles. The Labute approximate surface area is 169 Å². The van der Waals surface area contributed by atoms with Crippen LogP contribution in [0.5, 0.6) is 0 Å². The quantitative estimate of drug-likeness (QED) is 0.552. The fraction of sp³-hybridized carbons (Fsp3) is 0.318. The molecule has 1 aromatic carbocycles. The summed E-state index contributed by atoms with van der Waals surface area (Å²) < 4.78 is 1.79. The summed E-state index contributed by atoms with van der Waals surface area (Å²) in [6.45, 7) is 4.42. The highest BCUT2D eigenvalue weighted by molar-refractivity contribution is 5.95. The summed E-state index contributed by atoms with van der Waals surface area (Å²) in [5.41, 5.74) is 2.60. The first-order valence-corrected chi connectivity index (χ1v) is 9.77. The van der Waals surface area contributed by atoms with Crippen molar-refractivity contribution in [1.29, 1.82) is 0 Å². The number of Topliss-reactive ketones (excluding diaryl/α,β-unsaturated/α-hetero) is 1. The lowest BCUT2D eigenvalue weighted by Crippen LogP contribution is -2.08. The Balaban J connectivity index is 1.85. The molecule has 0 unspecified atom stereocenters. The molecular formula is C22H24N4O3. The van der Waals surface area contributed by atoms with Gasteiger partial charge in [-0.15, -0.1) is 5.10 Å². The number of carboxylic acid groups (broad SMARTS) is 1. The average Bonchev–Trinajstić information content (AvgIpc) is 3.14. The third-order valence-electron chi connectivity index (χ3n) is 4.72. The molecule has 0 saturated heterocycles. The Morgan fingerprint density at radius 1 is 1.10 bits per heavy atom. The van der Waals surface area contributed by atoms with Gasteiger partial charge in [-0.05, 0) is 29.2 Å². The summed E-state index contributed by atoms with van der Waals surface area (Å²) in [5.74, 6) is 0.0253. The van der Waals surface area contributed by atoms with E-state index in [1.165, 1.54) is 6.20 Å². The van der Waals surface area contributed by atoms with Crippen LogP contribution < -0.4 is 0 Å². The second kappa shape index (κ2) is 9.23. The molecule has 2 aromatic heterocycles. The standard InChI is InChI=1S/C22H24N4O3/c1-3-5-6-20-24-21(19(27)4-2)25-26(20)14-15-7-9-16(10-8-15)17-11-12-23-13-18(17)22(28)29/h7-13H,3-6,14H2,1-2H3,(H,28,29). The zero-order valence-electron chi connectivity index (χ0n) is 16.6. The lowest BCUT2D eigenvalue weighted by atomic mass is 10.0. The van der Waals surface area contributed by atoms with E-state index in [4.69, 9.17) is 0 Å². The Morgan fingerprint density at radius 2 is 1.86 bits per heavy atom. The molecular weight excluding hydrogens is 368 g/mol. The summed E-state index contributed by atoms with van der Waals surface area (Å²) in [6.07, 6.45) is 6.11. The molecule has 0 bridgehead atoms. The largest absolute Gasteiger partial charge is 0.478 e. The maximum absolute atomic E-state index is 12.0. The van der Waals surface area contributed by atoms with Gasteiger partial charge in [-0.3, -0.25) is 9.78 Å². The summed E-state index contributed by atoms with van der Waals surface area (Å²) in [7, 11) is 0. The lowest BCUT2D eigenvalue weighted by Gasteiger charge is -2.09. The third kappa shape index (κ3) is 4.74. The fourth-order valence-electron chi connectivity index (χ4n) is 3.08. The summed E-state index contributed by atoms with van der Waals surface area (Å²) in [4.78, 5) is 31.8. The molecule has 7 nitrogen and oxygen atoms in total. The van der Waals surface area contributed by atoms with Gasteiger partial charge >= 0.3 is 5.97 Å². The second-order valence-electron chi connectivity index (χ2n) is 6.81. The summed E-state index contributed by atoms with van der Waals surface area (Å²) in [5, 5.41) is 13.8. The smallest absolute Gasteiger partial charge is 0.337 e. The van der Waals surface area contributed by atoms with E-state index in [1.54, 1.807) is 23.9 Å². The number of nitrogens with zero attached hydrogens (tertiary/aromatic N) is 4. The highest BCUT2D eigenvalue weighted by atomic mass is 16.4. The predicted octanol–water partition coefficient (Wildman–Crippen LogP) is 4.02. The Morgan fingerprint density at radius 3 is 2.52 bits per heavy atom. The van der Waals surface area contributed by atoms with Crippen LogP contribution in [-0.2, 0) is 13.0 Å². The molecule has 0 aliphatic rings. The number of aromatic carboxylic acids is 1. The van der Waals surface area contributed by atoms with E-state index in [1.807, 2.05) is 24.3 Å². The number of benzene rings is 1. The van der Waals surface area contributed by atoms with Gasteiger partial charge in [0.15, 0.2) is 0 Å². The van der Waals surface area contributed by atoms with Crippen molar-refractivity contribution >= 4 is 11.8 Å². The average molecular weight is 392 g/mol. The minimum Gasteiger partial charge on any atom is -0.478 e. The van der Waals surface area contributed by atoms with Crippen LogP contribution >= 0.6 is 0 Å². The number of pyridine rings is 1. The van der Waals surface area contributed by atoms with Gasteiger partial charge in [-0.1, -0.05) is 44.5 Å². The first-order chi connectivity index (χ1) is 14.0. The highest BCUT2D eigenvalue weighted by Gasteiger charge is 2.15. The first kappa shape index (κ1) is 20.4. The van der Waals surface area contributed by atoms with Gasteiger partial charge in [0.1, 0.15) is 5.82 Å². The molecule has 0 radical (unpaired) electrons.